The summed E-state index contributed by atoms with van der Waals surface area (Å²) in [6.45, 7) is 7.77. The van der Waals surface area contributed by atoms with E-state index in [0.717, 1.165) is 24.1 Å². The van der Waals surface area contributed by atoms with Gasteiger partial charge in [-0.15, -0.1) is 0 Å². The molecule has 3 aromatic rings. The maximum atomic E-state index is 13.9. The van der Waals surface area contributed by atoms with Gasteiger partial charge in [-0.1, -0.05) is 19.9 Å². The topological polar surface area (TPSA) is 71.5 Å². The van der Waals surface area contributed by atoms with E-state index >= 15 is 0 Å². The van der Waals surface area contributed by atoms with Crippen molar-refractivity contribution in [2.75, 3.05) is 24.5 Å². The van der Waals surface area contributed by atoms with E-state index in [1.54, 1.807) is 18.5 Å². The van der Waals surface area contributed by atoms with Crippen LogP contribution >= 0.6 is 0 Å². The van der Waals surface area contributed by atoms with E-state index in [9.17, 15) is 13.6 Å². The number of benzene rings is 1. The number of carbonyl (C=O) groups excluding carboxylic acids is 1. The molecule has 1 saturated heterocycles. The van der Waals surface area contributed by atoms with Gasteiger partial charge in [0.2, 0.25) is 5.91 Å². The average molecular weight is 456 g/mol. The smallest absolute Gasteiger partial charge is 0.258 e. The van der Waals surface area contributed by atoms with Crippen LogP contribution in [0, 0.1) is 17.6 Å². The Kier molecular flexibility index (Phi) is 6.67. The lowest BCUT2D eigenvalue weighted by atomic mass is 10.1. The molecule has 0 spiro atoms. The molecule has 3 heterocycles. The molecule has 1 aliphatic rings. The second-order valence-electron chi connectivity index (χ2n) is 8.42. The number of anilines is 1. The SMILES string of the molecule is CCN(C(=O)C(C)C)[C@H]1CCN(c2nc3cc(F)c(F)cc3nc2OCc2cccnc2)C1. The highest BCUT2D eigenvalue weighted by molar-refractivity contribution is 5.79. The summed E-state index contributed by atoms with van der Waals surface area (Å²) < 4.78 is 33.6. The number of likely N-dealkylation sites (N-methyl/N-ethyl adjacent to an activating group) is 1. The number of fused-ring (bicyclic) bond motifs is 1. The van der Waals surface area contributed by atoms with Gasteiger partial charge in [0.15, 0.2) is 17.5 Å². The van der Waals surface area contributed by atoms with Crippen molar-refractivity contribution in [1.29, 1.82) is 0 Å². The fourth-order valence-electron chi connectivity index (χ4n) is 4.08. The Bertz CT molecular complexity index is 1140. The Labute approximate surface area is 191 Å². The van der Waals surface area contributed by atoms with Gasteiger partial charge in [0.05, 0.1) is 17.1 Å². The van der Waals surface area contributed by atoms with Gasteiger partial charge < -0.3 is 14.5 Å². The third-order valence-electron chi connectivity index (χ3n) is 5.78. The molecular formula is C24H27F2N5O2. The molecule has 0 saturated carbocycles. The molecule has 0 bridgehead atoms. The van der Waals surface area contributed by atoms with Crippen LogP contribution in [-0.2, 0) is 11.4 Å². The quantitative estimate of drug-likeness (QED) is 0.537. The third kappa shape index (κ3) is 4.86. The first-order valence-electron chi connectivity index (χ1n) is 11.1. The van der Waals surface area contributed by atoms with E-state index in [4.69, 9.17) is 4.74 Å². The van der Waals surface area contributed by atoms with Gasteiger partial charge in [-0.2, -0.15) is 0 Å². The molecule has 0 radical (unpaired) electrons. The maximum absolute atomic E-state index is 13.9. The molecule has 7 nitrogen and oxygen atoms in total. The van der Waals surface area contributed by atoms with Crippen LogP contribution in [0.2, 0.25) is 0 Å². The summed E-state index contributed by atoms with van der Waals surface area (Å²) in [7, 11) is 0. The highest BCUT2D eigenvalue weighted by Crippen LogP contribution is 2.32. The Morgan fingerprint density at radius 3 is 2.61 bits per heavy atom. The molecule has 0 aliphatic carbocycles. The van der Waals surface area contributed by atoms with Gasteiger partial charge in [0, 0.05) is 55.6 Å². The number of hydrogen-bond donors (Lipinski definition) is 0. The van der Waals surface area contributed by atoms with Crippen LogP contribution < -0.4 is 9.64 Å². The molecule has 1 aliphatic heterocycles. The van der Waals surface area contributed by atoms with Gasteiger partial charge in [-0.25, -0.2) is 18.7 Å². The zero-order valence-electron chi connectivity index (χ0n) is 19.0. The van der Waals surface area contributed by atoms with Gasteiger partial charge >= 0.3 is 0 Å². The monoisotopic (exact) mass is 455 g/mol. The Balaban J connectivity index is 1.66. The molecule has 33 heavy (non-hydrogen) atoms. The van der Waals surface area contributed by atoms with Crippen molar-refractivity contribution in [3.63, 3.8) is 0 Å². The number of hydrogen-bond acceptors (Lipinski definition) is 6. The molecule has 0 N–H and O–H groups in total. The second-order valence-corrected chi connectivity index (χ2v) is 8.42. The molecule has 1 fully saturated rings. The van der Waals surface area contributed by atoms with Crippen molar-refractivity contribution in [1.82, 2.24) is 19.9 Å². The summed E-state index contributed by atoms with van der Waals surface area (Å²) in [6, 6.07) is 5.77. The molecular weight excluding hydrogens is 428 g/mol. The van der Waals surface area contributed by atoms with Gasteiger partial charge in [0.25, 0.3) is 5.88 Å². The lowest BCUT2D eigenvalue weighted by molar-refractivity contribution is -0.136. The van der Waals surface area contributed by atoms with Crippen LogP contribution in [-0.4, -0.2) is 51.4 Å². The Hall–Kier alpha value is -3.36. The molecule has 9 heteroatoms. The van der Waals surface area contributed by atoms with Crippen LogP contribution in [0.25, 0.3) is 11.0 Å². The fourth-order valence-corrected chi connectivity index (χ4v) is 4.08. The first-order chi connectivity index (χ1) is 15.9. The highest BCUT2D eigenvalue weighted by atomic mass is 19.2. The van der Waals surface area contributed by atoms with E-state index in [1.165, 1.54) is 0 Å². The summed E-state index contributed by atoms with van der Waals surface area (Å²) in [5, 5.41) is 0. The van der Waals surface area contributed by atoms with Crippen molar-refractivity contribution in [3.05, 3.63) is 53.9 Å². The van der Waals surface area contributed by atoms with Crippen LogP contribution in [0.1, 0.15) is 32.8 Å². The Morgan fingerprint density at radius 1 is 1.24 bits per heavy atom. The van der Waals surface area contributed by atoms with Crippen molar-refractivity contribution in [2.24, 2.45) is 5.92 Å². The summed E-state index contributed by atoms with van der Waals surface area (Å²) in [5.74, 6) is -1.26. The molecule has 174 valence electrons. The van der Waals surface area contributed by atoms with Crippen LogP contribution in [0.4, 0.5) is 14.6 Å². The van der Waals surface area contributed by atoms with Crippen molar-refractivity contribution < 1.29 is 18.3 Å². The lowest BCUT2D eigenvalue weighted by Crippen LogP contribution is -2.43. The maximum Gasteiger partial charge on any atom is 0.258 e. The number of rotatable bonds is 7. The van der Waals surface area contributed by atoms with E-state index in [1.807, 2.05) is 36.6 Å². The number of pyridine rings is 1. The van der Waals surface area contributed by atoms with E-state index in [2.05, 4.69) is 15.0 Å². The lowest BCUT2D eigenvalue weighted by Gasteiger charge is -2.29. The largest absolute Gasteiger partial charge is 0.470 e. The van der Waals surface area contributed by atoms with Crippen molar-refractivity contribution in [2.45, 2.75) is 39.8 Å². The van der Waals surface area contributed by atoms with Crippen LogP contribution in [0.5, 0.6) is 5.88 Å². The molecule has 1 aromatic carbocycles. The minimum absolute atomic E-state index is 0.0264. The Morgan fingerprint density at radius 2 is 1.97 bits per heavy atom. The van der Waals surface area contributed by atoms with E-state index < -0.39 is 11.6 Å². The molecule has 4 rings (SSSR count). The summed E-state index contributed by atoms with van der Waals surface area (Å²) in [5.41, 5.74) is 1.29. The fraction of sp³-hybridized carbons (Fsp3) is 0.417. The first-order valence-corrected chi connectivity index (χ1v) is 11.1. The molecule has 0 unspecified atom stereocenters. The first kappa shape index (κ1) is 22.8. The molecule has 1 atom stereocenters. The minimum Gasteiger partial charge on any atom is -0.470 e. The standard InChI is InChI=1S/C24H27F2N5O2/c1-4-31(24(32)15(2)3)17-7-9-30(13-17)22-23(33-14-16-6-5-8-27-12-16)29-21-11-19(26)18(25)10-20(21)28-22/h5-6,8,10-12,15,17H,4,7,9,13-14H2,1-3H3/t17-/m0/s1. The van der Waals surface area contributed by atoms with Gasteiger partial charge in [-0.05, 0) is 19.4 Å². The summed E-state index contributed by atoms with van der Waals surface area (Å²) in [6.07, 6.45) is 4.13. The zero-order valence-corrected chi connectivity index (χ0v) is 19.0. The van der Waals surface area contributed by atoms with Crippen LogP contribution in [0.3, 0.4) is 0 Å². The average Bonchev–Trinajstić information content (AvgIpc) is 3.28. The number of nitrogens with zero attached hydrogens (tertiary/aromatic N) is 5. The van der Waals surface area contributed by atoms with E-state index in [0.29, 0.717) is 25.5 Å². The normalized spacial score (nSPS) is 15.9. The van der Waals surface area contributed by atoms with Crippen molar-refractivity contribution in [3.8, 4) is 5.88 Å². The summed E-state index contributed by atoms with van der Waals surface area (Å²) in [4.78, 5) is 29.7. The van der Waals surface area contributed by atoms with Crippen LogP contribution in [0.15, 0.2) is 36.7 Å². The molecule has 1 amide bonds. The summed E-state index contributed by atoms with van der Waals surface area (Å²) >= 11 is 0. The number of halogens is 2. The molecule has 2 aromatic heterocycles. The highest BCUT2D eigenvalue weighted by Gasteiger charge is 2.33. The number of ether oxygens (including phenoxy) is 1. The van der Waals surface area contributed by atoms with Gasteiger partial charge in [0.1, 0.15) is 6.61 Å². The third-order valence-corrected chi connectivity index (χ3v) is 5.78. The number of aromatic nitrogens is 3. The predicted octanol–water partition coefficient (Wildman–Crippen LogP) is 3.97. The van der Waals surface area contributed by atoms with Gasteiger partial charge in [-0.3, -0.25) is 9.78 Å². The van der Waals surface area contributed by atoms with Crippen molar-refractivity contribution >= 4 is 22.8 Å². The second kappa shape index (κ2) is 9.64. The zero-order chi connectivity index (χ0) is 23.5. The number of carbonyl (C=O) groups is 1. The minimum atomic E-state index is -0.991. The van der Waals surface area contributed by atoms with E-state index in [-0.39, 0.29) is 41.4 Å². The predicted molar refractivity (Wildman–Crippen MR) is 121 cm³/mol. The number of amides is 1.